The second kappa shape index (κ2) is 3.69. The summed E-state index contributed by atoms with van der Waals surface area (Å²) in [5.41, 5.74) is 1.97. The molecule has 1 aliphatic rings. The SMILES string of the molecule is CCCc1nc(C2(C#N)CCC2)[nH]c1C. The summed E-state index contributed by atoms with van der Waals surface area (Å²) in [5.74, 6) is 0.900. The Kier molecular flexibility index (Phi) is 2.52. The van der Waals surface area contributed by atoms with E-state index in [1.54, 1.807) is 0 Å². The molecule has 2 rings (SSSR count). The summed E-state index contributed by atoms with van der Waals surface area (Å²) in [5, 5.41) is 9.21. The van der Waals surface area contributed by atoms with Gasteiger partial charge in [-0.15, -0.1) is 0 Å². The van der Waals surface area contributed by atoms with Crippen LogP contribution in [-0.4, -0.2) is 9.97 Å². The highest BCUT2D eigenvalue weighted by Crippen LogP contribution is 2.41. The first-order valence-electron chi connectivity index (χ1n) is 5.69. The standard InChI is InChI=1S/C12H17N3/c1-3-5-10-9(2)14-11(15-10)12(8-13)6-4-7-12/h3-7H2,1-2H3,(H,14,15). The van der Waals surface area contributed by atoms with Gasteiger partial charge >= 0.3 is 0 Å². The minimum Gasteiger partial charge on any atom is -0.345 e. The smallest absolute Gasteiger partial charge is 0.127 e. The first kappa shape index (κ1) is 10.2. The molecule has 1 heterocycles. The molecule has 0 aromatic carbocycles. The fourth-order valence-corrected chi connectivity index (χ4v) is 2.14. The molecule has 1 N–H and O–H groups in total. The van der Waals surface area contributed by atoms with Gasteiger partial charge in [0.2, 0.25) is 0 Å². The van der Waals surface area contributed by atoms with E-state index < -0.39 is 0 Å². The van der Waals surface area contributed by atoms with E-state index in [-0.39, 0.29) is 5.41 Å². The molecule has 0 bridgehead atoms. The zero-order valence-electron chi connectivity index (χ0n) is 9.43. The maximum atomic E-state index is 9.21. The number of imidazole rings is 1. The number of hydrogen-bond donors (Lipinski definition) is 1. The van der Waals surface area contributed by atoms with Crippen molar-refractivity contribution in [1.82, 2.24) is 9.97 Å². The highest BCUT2D eigenvalue weighted by Gasteiger charge is 2.42. The van der Waals surface area contributed by atoms with Crippen LogP contribution in [-0.2, 0) is 11.8 Å². The van der Waals surface area contributed by atoms with E-state index in [2.05, 4.69) is 23.0 Å². The molecule has 1 aliphatic carbocycles. The van der Waals surface area contributed by atoms with Crippen molar-refractivity contribution in [2.75, 3.05) is 0 Å². The van der Waals surface area contributed by atoms with Gasteiger partial charge in [0.15, 0.2) is 0 Å². The normalized spacial score (nSPS) is 18.2. The third-order valence-corrected chi connectivity index (χ3v) is 3.35. The fourth-order valence-electron chi connectivity index (χ4n) is 2.14. The molecule has 0 unspecified atom stereocenters. The molecular formula is C12H17N3. The van der Waals surface area contributed by atoms with Gasteiger partial charge in [0.05, 0.1) is 11.8 Å². The molecule has 0 aliphatic heterocycles. The quantitative estimate of drug-likeness (QED) is 0.821. The van der Waals surface area contributed by atoms with Gasteiger partial charge in [-0.2, -0.15) is 5.26 Å². The maximum absolute atomic E-state index is 9.21. The van der Waals surface area contributed by atoms with Crippen LogP contribution in [0.25, 0.3) is 0 Å². The average Bonchev–Trinajstić information content (AvgIpc) is 2.48. The van der Waals surface area contributed by atoms with E-state index in [0.29, 0.717) is 0 Å². The summed E-state index contributed by atoms with van der Waals surface area (Å²) in [6.07, 6.45) is 5.18. The monoisotopic (exact) mass is 203 g/mol. The van der Waals surface area contributed by atoms with E-state index in [9.17, 15) is 5.26 Å². The number of nitrogens with zero attached hydrogens (tertiary/aromatic N) is 2. The lowest BCUT2D eigenvalue weighted by Gasteiger charge is -2.32. The minimum absolute atomic E-state index is 0.295. The summed E-state index contributed by atoms with van der Waals surface area (Å²) < 4.78 is 0. The van der Waals surface area contributed by atoms with Crippen LogP contribution in [0.3, 0.4) is 0 Å². The minimum atomic E-state index is -0.295. The summed E-state index contributed by atoms with van der Waals surface area (Å²) in [7, 11) is 0. The van der Waals surface area contributed by atoms with Crippen LogP contribution < -0.4 is 0 Å². The Hall–Kier alpha value is -1.30. The molecule has 80 valence electrons. The second-order valence-corrected chi connectivity index (χ2v) is 4.45. The van der Waals surface area contributed by atoms with Crippen molar-refractivity contribution in [3.05, 3.63) is 17.2 Å². The van der Waals surface area contributed by atoms with E-state index in [1.165, 1.54) is 0 Å². The van der Waals surface area contributed by atoms with Crippen molar-refractivity contribution in [3.8, 4) is 6.07 Å². The van der Waals surface area contributed by atoms with E-state index in [1.807, 2.05) is 6.92 Å². The molecule has 0 radical (unpaired) electrons. The Balaban J connectivity index is 2.30. The molecule has 3 heteroatoms. The van der Waals surface area contributed by atoms with Crippen molar-refractivity contribution in [1.29, 1.82) is 5.26 Å². The third-order valence-electron chi connectivity index (χ3n) is 3.35. The molecule has 0 amide bonds. The number of H-pyrrole nitrogens is 1. The van der Waals surface area contributed by atoms with Crippen molar-refractivity contribution in [3.63, 3.8) is 0 Å². The van der Waals surface area contributed by atoms with Crippen LogP contribution in [0, 0.1) is 18.3 Å². The van der Waals surface area contributed by atoms with Gasteiger partial charge in [-0.05, 0) is 32.6 Å². The summed E-state index contributed by atoms with van der Waals surface area (Å²) in [4.78, 5) is 7.88. The van der Waals surface area contributed by atoms with Crippen molar-refractivity contribution < 1.29 is 0 Å². The van der Waals surface area contributed by atoms with Gasteiger partial charge in [0.1, 0.15) is 11.2 Å². The predicted molar refractivity (Wildman–Crippen MR) is 58.5 cm³/mol. The molecule has 0 spiro atoms. The van der Waals surface area contributed by atoms with Gasteiger partial charge in [-0.25, -0.2) is 4.98 Å². The number of aryl methyl sites for hydroxylation is 2. The molecule has 3 nitrogen and oxygen atoms in total. The van der Waals surface area contributed by atoms with Gasteiger partial charge in [-0.3, -0.25) is 0 Å². The Labute approximate surface area is 90.5 Å². The van der Waals surface area contributed by atoms with Crippen LogP contribution in [0.4, 0.5) is 0 Å². The lowest BCUT2D eigenvalue weighted by Crippen LogP contribution is -2.33. The zero-order valence-corrected chi connectivity index (χ0v) is 9.43. The Bertz CT molecular complexity index is 393. The molecule has 0 saturated heterocycles. The zero-order chi connectivity index (χ0) is 10.9. The molecule has 1 saturated carbocycles. The largest absolute Gasteiger partial charge is 0.345 e. The van der Waals surface area contributed by atoms with E-state index in [0.717, 1.165) is 49.3 Å². The average molecular weight is 203 g/mol. The first-order chi connectivity index (χ1) is 7.22. The van der Waals surface area contributed by atoms with Crippen LogP contribution in [0.2, 0.25) is 0 Å². The van der Waals surface area contributed by atoms with Crippen LogP contribution in [0.15, 0.2) is 0 Å². The Morgan fingerprint density at radius 1 is 1.53 bits per heavy atom. The number of nitriles is 1. The first-order valence-corrected chi connectivity index (χ1v) is 5.69. The van der Waals surface area contributed by atoms with Crippen LogP contribution >= 0.6 is 0 Å². The highest BCUT2D eigenvalue weighted by molar-refractivity contribution is 5.28. The van der Waals surface area contributed by atoms with E-state index in [4.69, 9.17) is 0 Å². The second-order valence-electron chi connectivity index (χ2n) is 4.45. The number of aromatic nitrogens is 2. The molecule has 0 atom stereocenters. The molecule has 1 fully saturated rings. The van der Waals surface area contributed by atoms with Crippen molar-refractivity contribution in [2.24, 2.45) is 0 Å². The van der Waals surface area contributed by atoms with Gasteiger partial charge in [0, 0.05) is 5.69 Å². The van der Waals surface area contributed by atoms with Gasteiger partial charge < -0.3 is 4.98 Å². The predicted octanol–water partition coefficient (Wildman–Crippen LogP) is 2.62. The summed E-state index contributed by atoms with van der Waals surface area (Å²) >= 11 is 0. The topological polar surface area (TPSA) is 52.5 Å². The van der Waals surface area contributed by atoms with Crippen LogP contribution in [0.5, 0.6) is 0 Å². The Morgan fingerprint density at radius 2 is 2.27 bits per heavy atom. The van der Waals surface area contributed by atoms with E-state index >= 15 is 0 Å². The molecule has 1 aromatic heterocycles. The summed E-state index contributed by atoms with van der Waals surface area (Å²) in [6, 6.07) is 2.42. The van der Waals surface area contributed by atoms with Crippen molar-refractivity contribution in [2.45, 2.75) is 51.4 Å². The fraction of sp³-hybridized carbons (Fsp3) is 0.667. The highest BCUT2D eigenvalue weighted by atomic mass is 15.0. The number of nitrogens with one attached hydrogen (secondary N) is 1. The Morgan fingerprint density at radius 3 is 2.73 bits per heavy atom. The van der Waals surface area contributed by atoms with Gasteiger partial charge in [0.25, 0.3) is 0 Å². The van der Waals surface area contributed by atoms with Crippen molar-refractivity contribution >= 4 is 0 Å². The number of aromatic amines is 1. The number of rotatable bonds is 3. The summed E-state index contributed by atoms with van der Waals surface area (Å²) in [6.45, 7) is 4.20. The van der Waals surface area contributed by atoms with Crippen LogP contribution in [0.1, 0.15) is 49.8 Å². The lowest BCUT2D eigenvalue weighted by molar-refractivity contribution is 0.309. The number of hydrogen-bond acceptors (Lipinski definition) is 2. The third kappa shape index (κ3) is 1.54. The lowest BCUT2D eigenvalue weighted by atomic mass is 9.69. The van der Waals surface area contributed by atoms with Gasteiger partial charge in [-0.1, -0.05) is 13.3 Å². The molecule has 15 heavy (non-hydrogen) atoms. The molecular weight excluding hydrogens is 186 g/mol. The molecule has 1 aromatic rings. The maximum Gasteiger partial charge on any atom is 0.127 e.